The summed E-state index contributed by atoms with van der Waals surface area (Å²) in [6.45, 7) is 10.4. The average Bonchev–Trinajstić information content (AvgIpc) is 3.21. The second-order valence-corrected chi connectivity index (χ2v) is 14.2. The lowest BCUT2D eigenvalue weighted by atomic mass is 9.99. The first-order valence-electron chi connectivity index (χ1n) is 19.1. The molecule has 0 amide bonds. The Morgan fingerprint density at radius 1 is 0.500 bits per heavy atom. The van der Waals surface area contributed by atoms with Crippen molar-refractivity contribution in [3.8, 4) is 22.5 Å². The molecule has 2 heterocycles. The number of aryl methyl sites for hydroxylation is 5. The van der Waals surface area contributed by atoms with E-state index in [1.54, 1.807) is 0 Å². The first kappa shape index (κ1) is 51.7. The Morgan fingerprint density at radius 2 is 0.919 bits per heavy atom. The van der Waals surface area contributed by atoms with Crippen LogP contribution in [-0.4, -0.2) is 39.5 Å². The highest BCUT2D eigenvalue weighted by atomic mass is 19.4. The van der Waals surface area contributed by atoms with E-state index in [-0.39, 0.29) is 9.41 Å². The van der Waals surface area contributed by atoms with E-state index in [0.717, 1.165) is 45.3 Å². The van der Waals surface area contributed by atoms with Gasteiger partial charge in [0.25, 0.3) is 0 Å². The largest absolute Gasteiger partial charge is 1.00 e. The standard InChI is InChI=1S/C29H28NO.C20H19O.2BF3.2FH/c1-21-5-12-24(13-6-21)26-19-28(18-11-23-9-16-27(17-10-23)30(3)4)31-29(20-26)25-14-7-22(2)8-15-25;1-14-4-8-17(9-5-14)19-12-16(3)21-20(13-19)18-10-6-15(2)7-11-18;2*2-1(3)4;;/h5-20H,1-4H3;4-13H,1-3H3;;;2*1H/q2*+1;;;;/p-2. The molecule has 1 aliphatic heterocycles. The van der Waals surface area contributed by atoms with Gasteiger partial charge in [0, 0.05) is 29.3 Å². The molecule has 322 valence electrons. The van der Waals surface area contributed by atoms with Gasteiger partial charge in [0.15, 0.2) is 5.71 Å². The van der Waals surface area contributed by atoms with Gasteiger partial charge in [-0.2, -0.15) is 0 Å². The third-order valence-corrected chi connectivity index (χ3v) is 9.02. The minimum Gasteiger partial charge on any atom is -1.00 e. The van der Waals surface area contributed by atoms with Crippen LogP contribution in [0, 0.1) is 34.6 Å². The molecule has 4 aromatic carbocycles. The Labute approximate surface area is 359 Å². The second kappa shape index (κ2) is 25.3. The Morgan fingerprint density at radius 3 is 1.37 bits per heavy atom. The molecule has 7 rings (SSSR count). The molecule has 0 atom stereocenters. The fourth-order valence-corrected chi connectivity index (χ4v) is 5.85. The van der Waals surface area contributed by atoms with Crippen molar-refractivity contribution in [2.75, 3.05) is 14.1 Å². The monoisotopic (exact) mass is 855 g/mol. The van der Waals surface area contributed by atoms with E-state index >= 15 is 0 Å². The van der Waals surface area contributed by atoms with Crippen LogP contribution < -0.4 is 9.41 Å². The molecule has 13 heteroatoms. The van der Waals surface area contributed by atoms with Gasteiger partial charge in [-0.15, -0.1) is 0 Å². The van der Waals surface area contributed by atoms with Gasteiger partial charge in [-0.3, -0.25) is 25.9 Å². The zero-order valence-electron chi connectivity index (χ0n) is 35.5. The molecule has 0 saturated heterocycles. The van der Waals surface area contributed by atoms with Crippen LogP contribution in [0.15, 0.2) is 174 Å². The molecule has 1 aliphatic carbocycles. The van der Waals surface area contributed by atoms with Crippen LogP contribution in [0.1, 0.15) is 39.1 Å². The van der Waals surface area contributed by atoms with Crippen LogP contribution in [0.25, 0.3) is 33.8 Å². The lowest BCUT2D eigenvalue weighted by Crippen LogP contribution is -3.00. The highest BCUT2D eigenvalue weighted by Crippen LogP contribution is 2.33. The fraction of sp³-hybridized carbons (Fsp3) is 0.143. The highest BCUT2D eigenvalue weighted by Gasteiger charge is 2.17. The number of halogens is 8. The van der Waals surface area contributed by atoms with Crippen molar-refractivity contribution in [2.45, 2.75) is 34.6 Å². The molecule has 62 heavy (non-hydrogen) atoms. The van der Waals surface area contributed by atoms with Gasteiger partial charge in [-0.25, -0.2) is 8.99 Å². The van der Waals surface area contributed by atoms with Gasteiger partial charge in [0.1, 0.15) is 25.6 Å². The Bertz CT molecular complexity index is 2320. The Hall–Kier alpha value is -6.49. The summed E-state index contributed by atoms with van der Waals surface area (Å²) in [4.78, 5) is 0. The van der Waals surface area contributed by atoms with E-state index in [9.17, 15) is 25.9 Å². The van der Waals surface area contributed by atoms with Crippen LogP contribution in [-0.2, 0) is 4.74 Å². The SMILES string of the molecule is Cc1ccc(-c2cc(C)[o+]c(-c3ccc(C)cc3)c2)cc1.Cc1ccc(C2=CC(=CC=C3C=CC(=[N+](C)C)C=C3)OC(c3ccc(C)cc3)=C2)cc1.FB(F)F.FB(F)F.[F-].[F-]. The summed E-state index contributed by atoms with van der Waals surface area (Å²) >= 11 is 0. The molecule has 1 aromatic heterocycles. The van der Waals surface area contributed by atoms with Gasteiger partial charge in [0.05, 0.1) is 18.6 Å². The molecule has 0 N–H and O–H groups in total. The molecule has 3 nitrogen and oxygen atoms in total. The maximum Gasteiger partial charge on any atom is 0.762 e. The minimum absolute atomic E-state index is 0. The first-order valence-corrected chi connectivity index (χ1v) is 19.1. The molecule has 5 aromatic rings. The van der Waals surface area contributed by atoms with Crippen molar-refractivity contribution in [1.29, 1.82) is 0 Å². The van der Waals surface area contributed by atoms with E-state index in [0.29, 0.717) is 0 Å². The van der Waals surface area contributed by atoms with Crippen LogP contribution in [0.4, 0.5) is 25.9 Å². The molecule has 0 bridgehead atoms. The van der Waals surface area contributed by atoms with E-state index in [1.807, 2.05) is 27.1 Å². The maximum absolute atomic E-state index is 9.67. The smallest absolute Gasteiger partial charge is 0.762 e. The van der Waals surface area contributed by atoms with Crippen molar-refractivity contribution >= 4 is 32.1 Å². The number of allylic oxidation sites excluding steroid dienone is 10. The van der Waals surface area contributed by atoms with Gasteiger partial charge >= 0.3 is 26.6 Å². The van der Waals surface area contributed by atoms with Gasteiger partial charge in [0.2, 0.25) is 0 Å². The summed E-state index contributed by atoms with van der Waals surface area (Å²) in [5, 5.41) is 0. The summed E-state index contributed by atoms with van der Waals surface area (Å²) < 4.78 is 72.3. The topological polar surface area (TPSA) is 23.5 Å². The zero-order chi connectivity index (χ0) is 43.8. The molecule has 0 radical (unpaired) electrons. The summed E-state index contributed by atoms with van der Waals surface area (Å²) in [5.74, 6) is 3.51. The molecular formula is C49H47B2F8NO2. The summed E-state index contributed by atoms with van der Waals surface area (Å²) in [6, 6.07) is 38.3. The summed E-state index contributed by atoms with van der Waals surface area (Å²) in [7, 11) is -3.24. The normalized spacial score (nSPS) is 12.8. The van der Waals surface area contributed by atoms with Gasteiger partial charge < -0.3 is 14.1 Å². The van der Waals surface area contributed by atoms with E-state index in [2.05, 4.69) is 184 Å². The minimum atomic E-state index is -3.67. The number of hydrogen-bond acceptors (Lipinski definition) is 1. The highest BCUT2D eigenvalue weighted by molar-refractivity contribution is 6.33. The number of rotatable bonds is 5. The molecule has 0 unspecified atom stereocenters. The van der Waals surface area contributed by atoms with E-state index in [4.69, 9.17) is 9.15 Å². The van der Waals surface area contributed by atoms with Crippen molar-refractivity contribution in [3.63, 3.8) is 0 Å². The van der Waals surface area contributed by atoms with Crippen LogP contribution in [0.5, 0.6) is 0 Å². The van der Waals surface area contributed by atoms with Crippen molar-refractivity contribution < 1.29 is 49.0 Å². The Balaban J connectivity index is 0.000000370. The average molecular weight is 856 g/mol. The third kappa shape index (κ3) is 17.2. The predicted molar refractivity (Wildman–Crippen MR) is 237 cm³/mol. The molecule has 0 saturated carbocycles. The lowest BCUT2D eigenvalue weighted by molar-refractivity contribution is -0.462. The van der Waals surface area contributed by atoms with Crippen LogP contribution in [0.2, 0.25) is 0 Å². The van der Waals surface area contributed by atoms with Crippen molar-refractivity contribution in [3.05, 3.63) is 208 Å². The van der Waals surface area contributed by atoms with Gasteiger partial charge in [-0.05, 0) is 92.5 Å². The number of hydrogen-bond donors (Lipinski definition) is 0. The lowest BCUT2D eigenvalue weighted by Gasteiger charge is -2.18. The quantitative estimate of drug-likeness (QED) is 0.0776. The van der Waals surface area contributed by atoms with Gasteiger partial charge in [-0.1, -0.05) is 113 Å². The fourth-order valence-electron chi connectivity index (χ4n) is 5.85. The maximum atomic E-state index is 9.67. The van der Waals surface area contributed by atoms with Crippen LogP contribution in [0.3, 0.4) is 0 Å². The second-order valence-electron chi connectivity index (χ2n) is 14.2. The van der Waals surface area contributed by atoms with Crippen molar-refractivity contribution in [1.82, 2.24) is 0 Å². The number of benzene rings is 4. The molecule has 2 aliphatic rings. The van der Waals surface area contributed by atoms with E-state index in [1.165, 1.54) is 44.7 Å². The predicted octanol–water partition coefficient (Wildman–Crippen LogP) is 8.00. The summed E-state index contributed by atoms with van der Waals surface area (Å²) in [6.07, 6.45) is 16.9. The summed E-state index contributed by atoms with van der Waals surface area (Å²) in [5.41, 5.74) is 14.3. The number of ether oxygens (including phenoxy) is 1. The third-order valence-electron chi connectivity index (χ3n) is 9.02. The zero-order valence-corrected chi connectivity index (χ0v) is 35.5. The molecule has 0 spiro atoms. The Kier molecular flexibility index (Phi) is 21.1. The molecular weight excluding hydrogens is 808 g/mol. The van der Waals surface area contributed by atoms with Crippen LogP contribution >= 0.6 is 0 Å². The molecule has 0 fully saturated rings. The number of nitrogens with zero attached hydrogens (tertiary/aromatic N) is 1. The van der Waals surface area contributed by atoms with E-state index < -0.39 is 15.1 Å². The van der Waals surface area contributed by atoms with Crippen molar-refractivity contribution in [2.24, 2.45) is 0 Å². The first-order chi connectivity index (χ1) is 28.6.